The van der Waals surface area contributed by atoms with Crippen LogP contribution in [0.25, 0.3) is 0 Å². The van der Waals surface area contributed by atoms with Crippen LogP contribution in [0.2, 0.25) is 0 Å². The fourth-order valence-electron chi connectivity index (χ4n) is 2.34. The van der Waals surface area contributed by atoms with Gasteiger partial charge in [-0.1, -0.05) is 5.21 Å². The van der Waals surface area contributed by atoms with E-state index in [-0.39, 0.29) is 39.6 Å². The maximum absolute atomic E-state index is 11.2. The van der Waals surface area contributed by atoms with Crippen LogP contribution in [0.5, 0.6) is 0 Å². The predicted octanol–water partition coefficient (Wildman–Crippen LogP) is -3.38. The molecule has 0 saturated heterocycles. The number of rotatable bonds is 14. The summed E-state index contributed by atoms with van der Waals surface area (Å²) in [6.07, 6.45) is 1.82. The molecule has 0 aromatic carbocycles. The molecule has 0 spiro atoms. The standard InChI is InChI=1S/C15H29N5O6/c1-17-13(14(16)25)3-2-11-4-20(19-18-11)7-15(8-23,9-24)10-26-12(5-21)6-22/h4,12-13,17,21-24H,2-3,5-10H2,1H3,(H2,16,25)/t13-/m1/s1. The van der Waals surface area contributed by atoms with E-state index < -0.39 is 23.5 Å². The van der Waals surface area contributed by atoms with Crippen LogP contribution in [0.4, 0.5) is 0 Å². The van der Waals surface area contributed by atoms with E-state index in [0.717, 1.165) is 0 Å². The van der Waals surface area contributed by atoms with Crippen molar-refractivity contribution in [2.45, 2.75) is 31.5 Å². The summed E-state index contributed by atoms with van der Waals surface area (Å²) in [6.45, 7) is -1.46. The molecule has 0 fully saturated rings. The molecule has 26 heavy (non-hydrogen) atoms. The molecule has 1 atom stereocenters. The zero-order valence-corrected chi connectivity index (χ0v) is 14.9. The minimum Gasteiger partial charge on any atom is -0.396 e. The van der Waals surface area contributed by atoms with E-state index in [2.05, 4.69) is 15.6 Å². The lowest BCUT2D eigenvalue weighted by Crippen LogP contribution is -2.41. The first kappa shape index (κ1) is 22.4. The van der Waals surface area contributed by atoms with E-state index in [1.807, 2.05) is 0 Å². The van der Waals surface area contributed by atoms with Crippen LogP contribution in [0.15, 0.2) is 6.20 Å². The largest absolute Gasteiger partial charge is 0.396 e. The molecule has 11 nitrogen and oxygen atoms in total. The van der Waals surface area contributed by atoms with Gasteiger partial charge in [0.25, 0.3) is 0 Å². The second-order valence-corrected chi connectivity index (χ2v) is 6.30. The SMILES string of the molecule is CN[C@H](CCc1cn(CC(CO)(CO)COC(CO)CO)nn1)C(N)=O. The van der Waals surface area contributed by atoms with Gasteiger partial charge in [-0.25, -0.2) is 0 Å². The van der Waals surface area contributed by atoms with Gasteiger partial charge in [0.1, 0.15) is 6.10 Å². The minimum absolute atomic E-state index is 0.0789. The molecule has 0 aliphatic carbocycles. The summed E-state index contributed by atoms with van der Waals surface area (Å²) in [4.78, 5) is 11.2. The Morgan fingerprint density at radius 2 is 2.00 bits per heavy atom. The number of aliphatic hydroxyl groups is 4. The highest BCUT2D eigenvalue weighted by molar-refractivity contribution is 5.79. The van der Waals surface area contributed by atoms with Crippen LogP contribution in [-0.4, -0.2) is 93.6 Å². The highest BCUT2D eigenvalue weighted by atomic mass is 16.5. The number of amides is 1. The second kappa shape index (κ2) is 11.2. The maximum atomic E-state index is 11.2. The maximum Gasteiger partial charge on any atom is 0.234 e. The number of ether oxygens (including phenoxy) is 1. The van der Waals surface area contributed by atoms with Crippen molar-refractivity contribution in [1.29, 1.82) is 0 Å². The Labute approximate surface area is 151 Å². The monoisotopic (exact) mass is 375 g/mol. The van der Waals surface area contributed by atoms with E-state index in [9.17, 15) is 15.0 Å². The van der Waals surface area contributed by atoms with E-state index >= 15 is 0 Å². The van der Waals surface area contributed by atoms with Crippen LogP contribution in [0.3, 0.4) is 0 Å². The molecular weight excluding hydrogens is 346 g/mol. The molecule has 0 aliphatic rings. The van der Waals surface area contributed by atoms with Crippen LogP contribution in [0, 0.1) is 5.41 Å². The molecule has 1 aromatic heterocycles. The molecule has 0 unspecified atom stereocenters. The molecule has 1 aromatic rings. The number of primary amides is 1. The number of aryl methyl sites for hydroxylation is 1. The van der Waals surface area contributed by atoms with Crippen LogP contribution >= 0.6 is 0 Å². The molecule has 7 N–H and O–H groups in total. The van der Waals surface area contributed by atoms with Crippen molar-refractivity contribution in [3.63, 3.8) is 0 Å². The van der Waals surface area contributed by atoms with E-state index in [4.69, 9.17) is 20.7 Å². The average molecular weight is 375 g/mol. The summed E-state index contributed by atoms with van der Waals surface area (Å²) in [6, 6.07) is -0.462. The van der Waals surface area contributed by atoms with Gasteiger partial charge in [0.05, 0.1) is 56.7 Å². The third kappa shape index (κ3) is 6.59. The molecule has 11 heteroatoms. The van der Waals surface area contributed by atoms with Gasteiger partial charge in [0, 0.05) is 6.20 Å². The van der Waals surface area contributed by atoms with Crippen molar-refractivity contribution in [3.8, 4) is 0 Å². The zero-order chi connectivity index (χ0) is 19.6. The summed E-state index contributed by atoms with van der Waals surface area (Å²) in [7, 11) is 1.65. The molecular formula is C15H29N5O6. The molecule has 0 aliphatic heterocycles. The molecule has 0 bridgehead atoms. The highest BCUT2D eigenvalue weighted by Crippen LogP contribution is 2.20. The lowest BCUT2D eigenvalue weighted by molar-refractivity contribution is -0.120. The number of hydrogen-bond acceptors (Lipinski definition) is 9. The van der Waals surface area contributed by atoms with E-state index in [1.54, 1.807) is 13.2 Å². The van der Waals surface area contributed by atoms with Gasteiger partial charge in [0.2, 0.25) is 5.91 Å². The summed E-state index contributed by atoms with van der Waals surface area (Å²) in [5, 5.41) is 48.3. The number of hydrogen-bond donors (Lipinski definition) is 6. The number of nitrogens with two attached hydrogens (primary N) is 1. The third-order valence-corrected chi connectivity index (χ3v) is 4.17. The van der Waals surface area contributed by atoms with Gasteiger partial charge in [-0.05, 0) is 19.9 Å². The molecule has 1 amide bonds. The van der Waals surface area contributed by atoms with Crippen molar-refractivity contribution in [2.24, 2.45) is 11.1 Å². The first-order chi connectivity index (χ1) is 12.4. The first-order valence-electron chi connectivity index (χ1n) is 8.34. The average Bonchev–Trinajstić information content (AvgIpc) is 3.09. The Hall–Kier alpha value is -1.63. The second-order valence-electron chi connectivity index (χ2n) is 6.30. The summed E-state index contributed by atoms with van der Waals surface area (Å²) in [5.74, 6) is -0.445. The Morgan fingerprint density at radius 3 is 2.50 bits per heavy atom. The number of aromatic nitrogens is 3. The van der Waals surface area contributed by atoms with Gasteiger partial charge in [-0.3, -0.25) is 9.48 Å². The highest BCUT2D eigenvalue weighted by Gasteiger charge is 2.32. The number of likely N-dealkylation sites (N-methyl/N-ethyl adjacent to an activating group) is 1. The van der Waals surface area contributed by atoms with Crippen molar-refractivity contribution in [1.82, 2.24) is 20.3 Å². The van der Waals surface area contributed by atoms with Gasteiger partial charge >= 0.3 is 0 Å². The lowest BCUT2D eigenvalue weighted by atomic mass is 9.91. The molecule has 0 radical (unpaired) electrons. The van der Waals surface area contributed by atoms with Gasteiger partial charge in [-0.15, -0.1) is 5.10 Å². The Kier molecular flexibility index (Phi) is 9.62. The Morgan fingerprint density at radius 1 is 1.35 bits per heavy atom. The summed E-state index contributed by atoms with van der Waals surface area (Å²) < 4.78 is 6.81. The van der Waals surface area contributed by atoms with Gasteiger partial charge in [-0.2, -0.15) is 0 Å². The fraction of sp³-hybridized carbons (Fsp3) is 0.800. The first-order valence-corrected chi connectivity index (χ1v) is 8.34. The fourth-order valence-corrected chi connectivity index (χ4v) is 2.34. The molecule has 0 saturated carbocycles. The third-order valence-electron chi connectivity index (χ3n) is 4.17. The molecule has 150 valence electrons. The van der Waals surface area contributed by atoms with Crippen molar-refractivity contribution >= 4 is 5.91 Å². The van der Waals surface area contributed by atoms with Crippen molar-refractivity contribution in [2.75, 3.05) is 40.1 Å². The number of carbonyl (C=O) groups excluding carboxylic acids is 1. The lowest BCUT2D eigenvalue weighted by Gasteiger charge is -2.30. The minimum atomic E-state index is -1.05. The summed E-state index contributed by atoms with van der Waals surface area (Å²) in [5.41, 5.74) is 4.86. The van der Waals surface area contributed by atoms with Crippen LogP contribution in [0.1, 0.15) is 12.1 Å². The van der Waals surface area contributed by atoms with E-state index in [1.165, 1.54) is 4.68 Å². The predicted molar refractivity (Wildman–Crippen MR) is 90.9 cm³/mol. The van der Waals surface area contributed by atoms with Crippen LogP contribution in [-0.2, 0) is 22.5 Å². The van der Waals surface area contributed by atoms with Crippen molar-refractivity contribution in [3.05, 3.63) is 11.9 Å². The number of nitrogens with one attached hydrogen (secondary N) is 1. The number of nitrogens with zero attached hydrogens (tertiary/aromatic N) is 3. The van der Waals surface area contributed by atoms with Crippen molar-refractivity contribution < 1.29 is 30.0 Å². The van der Waals surface area contributed by atoms with E-state index in [0.29, 0.717) is 18.5 Å². The smallest absolute Gasteiger partial charge is 0.234 e. The number of carbonyl (C=O) groups is 1. The Balaban J connectivity index is 2.69. The zero-order valence-electron chi connectivity index (χ0n) is 14.9. The normalized spacial score (nSPS) is 13.3. The van der Waals surface area contributed by atoms with Crippen LogP contribution < -0.4 is 11.1 Å². The Bertz CT molecular complexity index is 532. The molecule has 1 heterocycles. The van der Waals surface area contributed by atoms with Gasteiger partial charge < -0.3 is 36.2 Å². The van der Waals surface area contributed by atoms with Gasteiger partial charge in [0.15, 0.2) is 0 Å². The topological polar surface area (TPSA) is 176 Å². The quantitative estimate of drug-likeness (QED) is 0.194. The molecule has 1 rings (SSSR count). The number of aliphatic hydroxyl groups excluding tert-OH is 4. The summed E-state index contributed by atoms with van der Waals surface area (Å²) >= 11 is 0.